The highest BCUT2D eigenvalue weighted by Crippen LogP contribution is 2.25. The standard InChI is InChI=1S/C15H13N3O2S/c1-15(18-14(19)20)16-12-8-7-11(9-13(12)17-15)21-10-5-3-2-4-6-10/h2-9,18H,1H3,(H,19,20). The zero-order chi connectivity index (χ0) is 14.9. The van der Waals surface area contributed by atoms with Gasteiger partial charge in [0.15, 0.2) is 0 Å². The largest absolute Gasteiger partial charge is 0.465 e. The highest BCUT2D eigenvalue weighted by Gasteiger charge is 2.26. The second-order valence-corrected chi connectivity index (χ2v) is 5.89. The molecule has 2 N–H and O–H groups in total. The Morgan fingerprint density at radius 2 is 1.81 bits per heavy atom. The van der Waals surface area contributed by atoms with Crippen LogP contribution in [0.3, 0.4) is 0 Å². The lowest BCUT2D eigenvalue weighted by Gasteiger charge is -2.16. The average Bonchev–Trinajstić information content (AvgIpc) is 2.74. The zero-order valence-electron chi connectivity index (χ0n) is 11.3. The lowest BCUT2D eigenvalue weighted by Crippen LogP contribution is -2.41. The summed E-state index contributed by atoms with van der Waals surface area (Å²) in [6.45, 7) is 1.63. The Morgan fingerprint density at radius 1 is 1.10 bits per heavy atom. The van der Waals surface area contributed by atoms with Crippen molar-refractivity contribution in [3.05, 3.63) is 59.2 Å². The smallest absolute Gasteiger partial charge is 0.408 e. The summed E-state index contributed by atoms with van der Waals surface area (Å²) in [5.41, 5.74) is 0. The molecule has 6 heteroatoms. The Labute approximate surface area is 125 Å². The van der Waals surface area contributed by atoms with Crippen LogP contribution in [0.25, 0.3) is 0 Å². The Morgan fingerprint density at radius 3 is 2.52 bits per heavy atom. The summed E-state index contributed by atoms with van der Waals surface area (Å²) >= 11 is 1.63. The van der Waals surface area contributed by atoms with Crippen LogP contribution < -0.4 is 16.0 Å². The van der Waals surface area contributed by atoms with Gasteiger partial charge < -0.3 is 5.11 Å². The number of nitrogens with zero attached hydrogens (tertiary/aromatic N) is 2. The van der Waals surface area contributed by atoms with E-state index in [1.807, 2.05) is 48.5 Å². The topological polar surface area (TPSA) is 74.0 Å². The molecule has 0 aromatic heterocycles. The number of fused-ring (bicyclic) bond motifs is 1. The molecule has 1 atom stereocenters. The van der Waals surface area contributed by atoms with Crippen LogP contribution in [0.5, 0.6) is 0 Å². The van der Waals surface area contributed by atoms with Crippen molar-refractivity contribution in [2.24, 2.45) is 9.98 Å². The first-order valence-electron chi connectivity index (χ1n) is 6.38. The summed E-state index contributed by atoms with van der Waals surface area (Å²) in [6.07, 6.45) is -1.14. The van der Waals surface area contributed by atoms with Gasteiger partial charge in [0.1, 0.15) is 0 Å². The normalized spacial score (nSPS) is 19.3. The van der Waals surface area contributed by atoms with Crippen LogP contribution in [0.2, 0.25) is 0 Å². The molecule has 0 saturated heterocycles. The molecule has 2 aromatic carbocycles. The van der Waals surface area contributed by atoms with Gasteiger partial charge in [-0.05, 0) is 30.3 Å². The number of carbonyl (C=O) groups is 1. The first-order chi connectivity index (χ1) is 10.0. The van der Waals surface area contributed by atoms with E-state index in [-0.39, 0.29) is 0 Å². The molecule has 0 bridgehead atoms. The Kier molecular flexibility index (Phi) is 3.39. The number of hydrogen-bond acceptors (Lipinski definition) is 4. The van der Waals surface area contributed by atoms with E-state index >= 15 is 0 Å². The molecular formula is C15H13N3O2S. The minimum absolute atomic E-state index is 0.698. The molecule has 3 rings (SSSR count). The van der Waals surface area contributed by atoms with E-state index in [0.717, 1.165) is 9.79 Å². The van der Waals surface area contributed by atoms with Gasteiger partial charge in [-0.2, -0.15) is 0 Å². The van der Waals surface area contributed by atoms with Crippen LogP contribution in [-0.4, -0.2) is 17.0 Å². The molecule has 106 valence electrons. The Bertz CT molecular complexity index is 807. The third kappa shape index (κ3) is 3.05. The van der Waals surface area contributed by atoms with Gasteiger partial charge in [-0.3, -0.25) is 5.32 Å². The maximum Gasteiger partial charge on any atom is 0.408 e. The lowest BCUT2D eigenvalue weighted by molar-refractivity contribution is 0.182. The number of hydrogen-bond donors (Lipinski definition) is 2. The fraction of sp³-hybridized carbons (Fsp3) is 0.133. The quantitative estimate of drug-likeness (QED) is 0.910. The number of benzene rings is 2. The van der Waals surface area contributed by atoms with Gasteiger partial charge in [0.2, 0.25) is 5.79 Å². The van der Waals surface area contributed by atoms with E-state index in [1.165, 1.54) is 0 Å². The highest BCUT2D eigenvalue weighted by atomic mass is 32.2. The minimum atomic E-state index is -1.14. The van der Waals surface area contributed by atoms with E-state index in [2.05, 4.69) is 15.3 Å². The highest BCUT2D eigenvalue weighted by molar-refractivity contribution is 7.99. The van der Waals surface area contributed by atoms with Crippen molar-refractivity contribution >= 4 is 17.9 Å². The van der Waals surface area contributed by atoms with Crippen LogP contribution in [0, 0.1) is 0 Å². The second-order valence-electron chi connectivity index (χ2n) is 4.74. The molecule has 0 spiro atoms. The molecule has 2 aromatic rings. The maximum absolute atomic E-state index is 10.8. The number of rotatable bonds is 3. The predicted octanol–water partition coefficient (Wildman–Crippen LogP) is 2.03. The molecule has 5 nitrogen and oxygen atoms in total. The van der Waals surface area contributed by atoms with E-state index in [1.54, 1.807) is 18.7 Å². The minimum Gasteiger partial charge on any atom is -0.465 e. The predicted molar refractivity (Wildman–Crippen MR) is 78.9 cm³/mol. The van der Waals surface area contributed by atoms with Crippen molar-refractivity contribution in [2.75, 3.05) is 0 Å². The number of nitrogens with one attached hydrogen (secondary N) is 1. The Balaban J connectivity index is 1.92. The van der Waals surface area contributed by atoms with Crippen molar-refractivity contribution in [3.8, 4) is 0 Å². The summed E-state index contributed by atoms with van der Waals surface area (Å²) in [5, 5.41) is 12.5. The van der Waals surface area contributed by atoms with Crippen molar-refractivity contribution < 1.29 is 9.90 Å². The monoisotopic (exact) mass is 299 g/mol. The van der Waals surface area contributed by atoms with E-state index in [0.29, 0.717) is 10.7 Å². The zero-order valence-corrected chi connectivity index (χ0v) is 12.1. The molecule has 0 radical (unpaired) electrons. The number of amides is 1. The fourth-order valence-corrected chi connectivity index (χ4v) is 3.00. The third-order valence-corrected chi connectivity index (χ3v) is 3.94. The second kappa shape index (κ2) is 5.21. The molecule has 1 amide bonds. The molecule has 0 saturated carbocycles. The molecule has 1 aliphatic heterocycles. The van der Waals surface area contributed by atoms with Crippen LogP contribution in [-0.2, 0) is 0 Å². The first-order valence-corrected chi connectivity index (χ1v) is 7.20. The third-order valence-electron chi connectivity index (χ3n) is 2.95. The van der Waals surface area contributed by atoms with Gasteiger partial charge in [-0.15, -0.1) is 0 Å². The van der Waals surface area contributed by atoms with Gasteiger partial charge in [0.25, 0.3) is 0 Å². The van der Waals surface area contributed by atoms with E-state index in [9.17, 15) is 4.79 Å². The van der Waals surface area contributed by atoms with Crippen molar-refractivity contribution in [1.82, 2.24) is 5.32 Å². The summed E-state index contributed by atoms with van der Waals surface area (Å²) in [5.74, 6) is -1.13. The fourth-order valence-electron chi connectivity index (χ4n) is 2.13. The van der Waals surface area contributed by atoms with Crippen LogP contribution in [0.15, 0.2) is 68.3 Å². The first kappa shape index (κ1) is 13.6. The molecule has 1 aliphatic rings. The van der Waals surface area contributed by atoms with Crippen molar-refractivity contribution in [1.29, 1.82) is 0 Å². The van der Waals surface area contributed by atoms with Crippen molar-refractivity contribution in [2.45, 2.75) is 22.5 Å². The van der Waals surface area contributed by atoms with Crippen LogP contribution >= 0.6 is 11.8 Å². The molecule has 0 aliphatic carbocycles. The molecule has 21 heavy (non-hydrogen) atoms. The summed E-state index contributed by atoms with van der Waals surface area (Å²) in [7, 11) is 0. The van der Waals surface area contributed by atoms with Gasteiger partial charge in [-0.25, -0.2) is 14.8 Å². The SMILES string of the molecule is CC1(NC(=O)O)N=c2ccc(Sc3ccccc3)cc2=N1. The van der Waals surface area contributed by atoms with Gasteiger partial charge >= 0.3 is 6.09 Å². The van der Waals surface area contributed by atoms with Gasteiger partial charge in [0, 0.05) is 16.7 Å². The van der Waals surface area contributed by atoms with E-state index in [4.69, 9.17) is 5.11 Å². The van der Waals surface area contributed by atoms with E-state index < -0.39 is 11.9 Å². The van der Waals surface area contributed by atoms with Crippen LogP contribution in [0.4, 0.5) is 4.79 Å². The molecular weight excluding hydrogens is 286 g/mol. The average molecular weight is 299 g/mol. The summed E-state index contributed by atoms with van der Waals surface area (Å²) < 4.78 is 0. The molecule has 1 heterocycles. The van der Waals surface area contributed by atoms with Crippen molar-refractivity contribution in [3.63, 3.8) is 0 Å². The van der Waals surface area contributed by atoms with Gasteiger partial charge in [-0.1, -0.05) is 30.0 Å². The Hall–Kier alpha value is -2.34. The number of carboxylic acid groups (broad SMARTS) is 1. The maximum atomic E-state index is 10.8. The van der Waals surface area contributed by atoms with Gasteiger partial charge in [0.05, 0.1) is 10.7 Å². The lowest BCUT2D eigenvalue weighted by atomic mass is 10.3. The molecule has 0 fully saturated rings. The summed E-state index contributed by atoms with van der Waals surface area (Å²) in [6, 6.07) is 15.8. The van der Waals surface area contributed by atoms with Crippen LogP contribution in [0.1, 0.15) is 6.92 Å². The summed E-state index contributed by atoms with van der Waals surface area (Å²) in [4.78, 5) is 21.6. The molecule has 1 unspecified atom stereocenters.